The normalized spacial score (nSPS) is 15.2. The van der Waals surface area contributed by atoms with Crippen molar-refractivity contribution in [2.75, 3.05) is 0 Å². The summed E-state index contributed by atoms with van der Waals surface area (Å²) in [4.78, 5) is 32.2. The molecule has 19 heavy (non-hydrogen) atoms. The van der Waals surface area contributed by atoms with Gasteiger partial charge in [0.2, 0.25) is 0 Å². The third-order valence-corrected chi connectivity index (χ3v) is 2.68. The van der Waals surface area contributed by atoms with Crippen LogP contribution in [0.2, 0.25) is 0 Å². The Morgan fingerprint density at radius 2 is 1.79 bits per heavy atom. The fraction of sp³-hybridized carbons (Fsp3) is 0.333. The molecule has 102 valence electrons. The standard InChI is InChI=1S/C12H13NO6/c14-10(15)9(13-19)7-12(18,11(16)17)6-8-4-2-1-3-5-8/h1-5,9,18H,6-7H2,(H,14,15)(H,16,17). The smallest absolute Gasteiger partial charge is 0.336 e. The molecule has 0 spiro atoms. The maximum absolute atomic E-state index is 11.1. The van der Waals surface area contributed by atoms with Crippen molar-refractivity contribution >= 4 is 11.9 Å². The van der Waals surface area contributed by atoms with Crippen LogP contribution in [0.3, 0.4) is 0 Å². The minimum Gasteiger partial charge on any atom is -0.480 e. The number of nitrogens with zero attached hydrogens (tertiary/aromatic N) is 1. The van der Waals surface area contributed by atoms with Crippen LogP contribution in [0, 0.1) is 4.91 Å². The summed E-state index contributed by atoms with van der Waals surface area (Å²) < 4.78 is 0. The highest BCUT2D eigenvalue weighted by molar-refractivity contribution is 5.80. The van der Waals surface area contributed by atoms with Crippen molar-refractivity contribution in [1.82, 2.24) is 0 Å². The lowest BCUT2D eigenvalue weighted by Gasteiger charge is -2.24. The average molecular weight is 267 g/mol. The molecule has 0 radical (unpaired) electrons. The number of carboxylic acids is 2. The highest BCUT2D eigenvalue weighted by Crippen LogP contribution is 2.21. The molecule has 7 heteroatoms. The van der Waals surface area contributed by atoms with Gasteiger partial charge in [-0.1, -0.05) is 35.5 Å². The molecule has 0 bridgehead atoms. The fourth-order valence-electron chi connectivity index (χ4n) is 1.66. The summed E-state index contributed by atoms with van der Waals surface area (Å²) >= 11 is 0. The van der Waals surface area contributed by atoms with Crippen molar-refractivity contribution in [3.63, 3.8) is 0 Å². The summed E-state index contributed by atoms with van der Waals surface area (Å²) in [6.45, 7) is 0. The van der Waals surface area contributed by atoms with Crippen molar-refractivity contribution in [2.24, 2.45) is 5.18 Å². The third kappa shape index (κ3) is 3.85. The van der Waals surface area contributed by atoms with Gasteiger partial charge in [-0.2, -0.15) is 0 Å². The topological polar surface area (TPSA) is 124 Å². The van der Waals surface area contributed by atoms with E-state index < -0.39 is 30.0 Å². The maximum Gasteiger partial charge on any atom is 0.336 e. The second-order valence-electron chi connectivity index (χ2n) is 4.16. The summed E-state index contributed by atoms with van der Waals surface area (Å²) in [5, 5.41) is 30.1. The largest absolute Gasteiger partial charge is 0.480 e. The molecule has 2 unspecified atom stereocenters. The number of nitroso groups, excluding NO2 is 1. The van der Waals surface area contributed by atoms with E-state index >= 15 is 0 Å². The van der Waals surface area contributed by atoms with Crippen LogP contribution < -0.4 is 0 Å². The van der Waals surface area contributed by atoms with Crippen molar-refractivity contribution in [3.8, 4) is 0 Å². The summed E-state index contributed by atoms with van der Waals surface area (Å²) in [7, 11) is 0. The number of hydrogen-bond donors (Lipinski definition) is 3. The highest BCUT2D eigenvalue weighted by atomic mass is 16.4. The Hall–Kier alpha value is -2.28. The van der Waals surface area contributed by atoms with Gasteiger partial charge in [-0.25, -0.2) is 9.59 Å². The quantitative estimate of drug-likeness (QED) is 0.623. The number of carbonyl (C=O) groups is 2. The van der Waals surface area contributed by atoms with E-state index in [4.69, 9.17) is 10.2 Å². The molecule has 1 aromatic rings. The Morgan fingerprint density at radius 1 is 1.21 bits per heavy atom. The molecule has 0 fully saturated rings. The van der Waals surface area contributed by atoms with Gasteiger partial charge in [-0.15, -0.1) is 4.91 Å². The minimum absolute atomic E-state index is 0.303. The lowest BCUT2D eigenvalue weighted by atomic mass is 9.88. The molecule has 0 aliphatic carbocycles. The van der Waals surface area contributed by atoms with Gasteiger partial charge in [-0.05, 0) is 5.56 Å². The number of rotatable bonds is 7. The Morgan fingerprint density at radius 3 is 2.21 bits per heavy atom. The number of carboxylic acid groups (broad SMARTS) is 2. The van der Waals surface area contributed by atoms with E-state index in [1.807, 2.05) is 0 Å². The molecular formula is C12H13NO6. The molecule has 0 amide bonds. The van der Waals surface area contributed by atoms with E-state index in [-0.39, 0.29) is 6.42 Å². The second-order valence-corrected chi connectivity index (χ2v) is 4.16. The molecule has 0 aliphatic rings. The van der Waals surface area contributed by atoms with Gasteiger partial charge in [-0.3, -0.25) is 0 Å². The van der Waals surface area contributed by atoms with Crippen LogP contribution in [0.5, 0.6) is 0 Å². The maximum atomic E-state index is 11.1. The zero-order chi connectivity index (χ0) is 14.5. The van der Waals surface area contributed by atoms with Gasteiger partial charge in [0.05, 0.1) is 0 Å². The van der Waals surface area contributed by atoms with Crippen LogP contribution in [0.1, 0.15) is 12.0 Å². The minimum atomic E-state index is -2.35. The molecule has 3 N–H and O–H groups in total. The van der Waals surface area contributed by atoms with E-state index in [0.29, 0.717) is 5.56 Å². The third-order valence-electron chi connectivity index (χ3n) is 2.68. The molecule has 0 saturated heterocycles. The van der Waals surface area contributed by atoms with Gasteiger partial charge >= 0.3 is 11.9 Å². The van der Waals surface area contributed by atoms with Gasteiger partial charge in [0.1, 0.15) is 0 Å². The first-order valence-corrected chi connectivity index (χ1v) is 5.44. The lowest BCUT2D eigenvalue weighted by Crippen LogP contribution is -2.45. The van der Waals surface area contributed by atoms with Crippen molar-refractivity contribution in [1.29, 1.82) is 0 Å². The van der Waals surface area contributed by atoms with Gasteiger partial charge in [0, 0.05) is 12.8 Å². The van der Waals surface area contributed by atoms with Crippen LogP contribution in [-0.2, 0) is 16.0 Å². The van der Waals surface area contributed by atoms with Crippen molar-refractivity contribution in [3.05, 3.63) is 40.8 Å². The summed E-state index contributed by atoms with van der Waals surface area (Å²) in [6.07, 6.45) is -1.08. The molecule has 0 heterocycles. The Kier molecular flexibility index (Phi) is 4.71. The zero-order valence-electron chi connectivity index (χ0n) is 9.89. The van der Waals surface area contributed by atoms with Gasteiger partial charge in [0.15, 0.2) is 11.6 Å². The molecule has 1 aromatic carbocycles. The monoisotopic (exact) mass is 267 g/mol. The van der Waals surface area contributed by atoms with Gasteiger partial charge < -0.3 is 15.3 Å². The fourth-order valence-corrected chi connectivity index (χ4v) is 1.66. The average Bonchev–Trinajstić information content (AvgIpc) is 2.36. The van der Waals surface area contributed by atoms with Crippen LogP contribution in [0.25, 0.3) is 0 Å². The van der Waals surface area contributed by atoms with E-state index in [0.717, 1.165) is 0 Å². The summed E-state index contributed by atoms with van der Waals surface area (Å²) in [6, 6.07) is 6.42. The molecule has 0 saturated carbocycles. The first-order chi connectivity index (χ1) is 8.89. The Labute approximate surface area is 108 Å². The highest BCUT2D eigenvalue weighted by Gasteiger charge is 2.41. The van der Waals surface area contributed by atoms with E-state index in [1.165, 1.54) is 0 Å². The SMILES string of the molecule is O=NC(CC(O)(Cc1ccccc1)C(=O)O)C(=O)O. The molecule has 7 nitrogen and oxygen atoms in total. The molecule has 2 atom stereocenters. The van der Waals surface area contributed by atoms with Crippen LogP contribution in [-0.4, -0.2) is 38.9 Å². The van der Waals surface area contributed by atoms with Crippen LogP contribution in [0.15, 0.2) is 35.5 Å². The first kappa shape index (κ1) is 14.8. The molecular weight excluding hydrogens is 254 g/mol. The van der Waals surface area contributed by atoms with Gasteiger partial charge in [0.25, 0.3) is 0 Å². The Balaban J connectivity index is 2.94. The Bertz CT molecular complexity index is 474. The first-order valence-electron chi connectivity index (χ1n) is 5.44. The predicted octanol–water partition coefficient (Wildman–Crippen LogP) is 0.654. The molecule has 1 rings (SSSR count). The predicted molar refractivity (Wildman–Crippen MR) is 64.6 cm³/mol. The van der Waals surface area contributed by atoms with E-state index in [9.17, 15) is 19.6 Å². The van der Waals surface area contributed by atoms with E-state index in [2.05, 4.69) is 5.18 Å². The lowest BCUT2D eigenvalue weighted by molar-refractivity contribution is -0.160. The van der Waals surface area contributed by atoms with Crippen molar-refractivity contribution in [2.45, 2.75) is 24.5 Å². The molecule has 0 aromatic heterocycles. The zero-order valence-corrected chi connectivity index (χ0v) is 9.89. The van der Waals surface area contributed by atoms with Crippen molar-refractivity contribution < 1.29 is 24.9 Å². The number of aliphatic hydroxyl groups is 1. The summed E-state index contributed by atoms with van der Waals surface area (Å²) in [5.74, 6) is -3.16. The summed E-state index contributed by atoms with van der Waals surface area (Å²) in [5.41, 5.74) is -1.83. The number of hydrogen-bond acceptors (Lipinski definition) is 5. The number of aliphatic carboxylic acids is 2. The second kappa shape index (κ2) is 6.05. The van der Waals surface area contributed by atoms with Crippen LogP contribution in [0.4, 0.5) is 0 Å². The van der Waals surface area contributed by atoms with Crippen LogP contribution >= 0.6 is 0 Å². The number of benzene rings is 1. The molecule has 0 aliphatic heterocycles. The van der Waals surface area contributed by atoms with E-state index in [1.54, 1.807) is 30.3 Å².